The molecule has 3 heteroatoms. The Kier molecular flexibility index (Phi) is 3.44. The van der Waals surface area contributed by atoms with E-state index in [2.05, 4.69) is 55.3 Å². The van der Waals surface area contributed by atoms with Gasteiger partial charge in [0.2, 0.25) is 0 Å². The maximum absolute atomic E-state index is 4.79. The standard InChI is InChI=1S/C18H23N3/c1-18(2,3)15-11-16(19-4)21-17(20-15)14-7-5-6-13(10-14)12-8-9-12/h5-7,10-12H,8-9H2,1-4H3,(H,19,20,21). The van der Waals surface area contributed by atoms with E-state index in [1.54, 1.807) is 0 Å². The van der Waals surface area contributed by atoms with Crippen LogP contribution in [0.3, 0.4) is 0 Å². The topological polar surface area (TPSA) is 37.8 Å². The van der Waals surface area contributed by atoms with Crippen molar-refractivity contribution in [3.63, 3.8) is 0 Å². The van der Waals surface area contributed by atoms with Crippen molar-refractivity contribution >= 4 is 5.82 Å². The summed E-state index contributed by atoms with van der Waals surface area (Å²) >= 11 is 0. The predicted octanol–water partition coefficient (Wildman–Crippen LogP) is 4.36. The Hall–Kier alpha value is -1.90. The van der Waals surface area contributed by atoms with Gasteiger partial charge in [0.15, 0.2) is 5.82 Å². The van der Waals surface area contributed by atoms with Crippen molar-refractivity contribution in [2.24, 2.45) is 0 Å². The average molecular weight is 281 g/mol. The SMILES string of the molecule is CNc1cc(C(C)(C)C)nc(-c2cccc(C3CC3)c2)n1. The molecular formula is C18H23N3. The highest BCUT2D eigenvalue weighted by atomic mass is 15.0. The number of hydrogen-bond donors (Lipinski definition) is 1. The van der Waals surface area contributed by atoms with Gasteiger partial charge >= 0.3 is 0 Å². The van der Waals surface area contributed by atoms with Crippen molar-refractivity contribution in [2.45, 2.75) is 44.9 Å². The Morgan fingerprint density at radius 1 is 1.10 bits per heavy atom. The summed E-state index contributed by atoms with van der Waals surface area (Å²) in [5.74, 6) is 2.44. The minimum atomic E-state index is 0.0113. The molecule has 0 aliphatic heterocycles. The van der Waals surface area contributed by atoms with Crippen molar-refractivity contribution in [1.82, 2.24) is 9.97 Å². The van der Waals surface area contributed by atoms with E-state index in [-0.39, 0.29) is 5.41 Å². The Bertz CT molecular complexity index is 652. The van der Waals surface area contributed by atoms with Crippen molar-refractivity contribution < 1.29 is 0 Å². The zero-order valence-corrected chi connectivity index (χ0v) is 13.3. The molecule has 3 rings (SSSR count). The molecule has 1 fully saturated rings. The monoisotopic (exact) mass is 281 g/mol. The van der Waals surface area contributed by atoms with Crippen molar-refractivity contribution in [3.8, 4) is 11.4 Å². The van der Waals surface area contributed by atoms with E-state index in [0.717, 1.165) is 28.8 Å². The zero-order valence-electron chi connectivity index (χ0n) is 13.3. The minimum Gasteiger partial charge on any atom is -0.373 e. The van der Waals surface area contributed by atoms with Crippen LogP contribution in [0.5, 0.6) is 0 Å². The van der Waals surface area contributed by atoms with Gasteiger partial charge in [-0.1, -0.05) is 39.0 Å². The van der Waals surface area contributed by atoms with Gasteiger partial charge in [-0.25, -0.2) is 9.97 Å². The third-order valence-corrected chi connectivity index (χ3v) is 3.94. The predicted molar refractivity (Wildman–Crippen MR) is 87.7 cm³/mol. The van der Waals surface area contributed by atoms with Crippen LogP contribution in [-0.4, -0.2) is 17.0 Å². The van der Waals surface area contributed by atoms with Crippen LogP contribution < -0.4 is 5.32 Å². The lowest BCUT2D eigenvalue weighted by molar-refractivity contribution is 0.568. The molecule has 0 unspecified atom stereocenters. The molecule has 1 aliphatic rings. The lowest BCUT2D eigenvalue weighted by Gasteiger charge is -2.19. The highest BCUT2D eigenvalue weighted by molar-refractivity contribution is 5.59. The average Bonchev–Trinajstić information content (AvgIpc) is 3.30. The third-order valence-electron chi connectivity index (χ3n) is 3.94. The molecule has 2 aromatic rings. The van der Waals surface area contributed by atoms with Crippen LogP contribution in [0.2, 0.25) is 0 Å². The quantitative estimate of drug-likeness (QED) is 0.908. The molecule has 1 heterocycles. The molecule has 3 nitrogen and oxygen atoms in total. The van der Waals surface area contributed by atoms with Gasteiger partial charge in [-0.3, -0.25) is 0 Å². The van der Waals surface area contributed by atoms with Gasteiger partial charge in [0.25, 0.3) is 0 Å². The molecule has 1 aromatic heterocycles. The maximum Gasteiger partial charge on any atom is 0.161 e. The van der Waals surface area contributed by atoms with E-state index in [1.165, 1.54) is 18.4 Å². The number of hydrogen-bond acceptors (Lipinski definition) is 3. The van der Waals surface area contributed by atoms with Gasteiger partial charge in [-0.05, 0) is 30.4 Å². The summed E-state index contributed by atoms with van der Waals surface area (Å²) in [6, 6.07) is 10.7. The Morgan fingerprint density at radius 2 is 1.86 bits per heavy atom. The number of rotatable bonds is 3. The van der Waals surface area contributed by atoms with Gasteiger partial charge in [0, 0.05) is 24.1 Å². The maximum atomic E-state index is 4.79. The molecule has 0 atom stereocenters. The number of benzene rings is 1. The first kappa shape index (κ1) is 14.1. The van der Waals surface area contributed by atoms with E-state index in [4.69, 9.17) is 4.98 Å². The van der Waals surface area contributed by atoms with Gasteiger partial charge in [-0.15, -0.1) is 0 Å². The summed E-state index contributed by atoms with van der Waals surface area (Å²) in [7, 11) is 1.90. The van der Waals surface area contributed by atoms with Crippen LogP contribution >= 0.6 is 0 Å². The summed E-state index contributed by atoms with van der Waals surface area (Å²) in [5, 5.41) is 3.15. The van der Waals surface area contributed by atoms with E-state index >= 15 is 0 Å². The molecule has 0 bridgehead atoms. The number of aromatic nitrogens is 2. The molecule has 110 valence electrons. The molecule has 1 N–H and O–H groups in total. The van der Waals surface area contributed by atoms with Crippen molar-refractivity contribution in [3.05, 3.63) is 41.6 Å². The normalized spacial score (nSPS) is 15.0. The van der Waals surface area contributed by atoms with Crippen molar-refractivity contribution in [1.29, 1.82) is 0 Å². The number of nitrogens with zero attached hydrogens (tertiary/aromatic N) is 2. The Morgan fingerprint density at radius 3 is 2.48 bits per heavy atom. The highest BCUT2D eigenvalue weighted by Crippen LogP contribution is 2.41. The van der Waals surface area contributed by atoms with Gasteiger partial charge in [0.05, 0.1) is 5.69 Å². The fourth-order valence-corrected chi connectivity index (χ4v) is 2.44. The first-order valence-electron chi connectivity index (χ1n) is 7.65. The zero-order chi connectivity index (χ0) is 15.0. The molecule has 1 aromatic carbocycles. The number of anilines is 1. The third kappa shape index (κ3) is 3.07. The molecule has 0 amide bonds. The van der Waals surface area contributed by atoms with E-state index in [1.807, 2.05) is 13.1 Å². The smallest absolute Gasteiger partial charge is 0.161 e. The van der Waals surface area contributed by atoms with Crippen LogP contribution in [0.25, 0.3) is 11.4 Å². The van der Waals surface area contributed by atoms with Crippen molar-refractivity contribution in [2.75, 3.05) is 12.4 Å². The second-order valence-corrected chi connectivity index (χ2v) is 6.86. The van der Waals surface area contributed by atoms with Crippen LogP contribution in [0, 0.1) is 0 Å². The lowest BCUT2D eigenvalue weighted by atomic mass is 9.91. The highest BCUT2D eigenvalue weighted by Gasteiger charge is 2.24. The summed E-state index contributed by atoms with van der Waals surface area (Å²) in [6.07, 6.45) is 2.63. The lowest BCUT2D eigenvalue weighted by Crippen LogP contribution is -2.15. The number of nitrogens with one attached hydrogen (secondary N) is 1. The van der Waals surface area contributed by atoms with Crippen LogP contribution in [0.15, 0.2) is 30.3 Å². The first-order valence-corrected chi connectivity index (χ1v) is 7.65. The molecular weight excluding hydrogens is 258 g/mol. The van der Waals surface area contributed by atoms with Gasteiger partial charge in [0.1, 0.15) is 5.82 Å². The largest absolute Gasteiger partial charge is 0.373 e. The molecule has 21 heavy (non-hydrogen) atoms. The fraction of sp³-hybridized carbons (Fsp3) is 0.444. The molecule has 0 radical (unpaired) electrons. The van der Waals surface area contributed by atoms with Crippen LogP contribution in [0.1, 0.15) is 50.8 Å². The second-order valence-electron chi connectivity index (χ2n) is 6.86. The van der Waals surface area contributed by atoms with Gasteiger partial charge < -0.3 is 5.32 Å². The molecule has 0 saturated heterocycles. The summed E-state index contributed by atoms with van der Waals surface area (Å²) in [4.78, 5) is 9.43. The van der Waals surface area contributed by atoms with Crippen LogP contribution in [-0.2, 0) is 5.41 Å². The minimum absolute atomic E-state index is 0.0113. The fourth-order valence-electron chi connectivity index (χ4n) is 2.44. The second kappa shape index (κ2) is 5.14. The van der Waals surface area contributed by atoms with Gasteiger partial charge in [-0.2, -0.15) is 0 Å². The molecule has 1 aliphatic carbocycles. The van der Waals surface area contributed by atoms with E-state index in [9.17, 15) is 0 Å². The van der Waals surface area contributed by atoms with Crippen LogP contribution in [0.4, 0.5) is 5.82 Å². The summed E-state index contributed by atoms with van der Waals surface area (Å²) < 4.78 is 0. The first-order chi connectivity index (χ1) is 9.97. The Labute approximate surface area is 126 Å². The molecule has 1 saturated carbocycles. The Balaban J connectivity index is 2.06. The summed E-state index contributed by atoms with van der Waals surface area (Å²) in [6.45, 7) is 6.54. The van der Waals surface area contributed by atoms with E-state index < -0.39 is 0 Å². The molecule has 0 spiro atoms. The van der Waals surface area contributed by atoms with E-state index in [0.29, 0.717) is 0 Å². The summed E-state index contributed by atoms with van der Waals surface area (Å²) in [5.41, 5.74) is 3.61.